The number of pyridine rings is 1. The maximum absolute atomic E-state index is 4.68. The summed E-state index contributed by atoms with van der Waals surface area (Å²) in [4.78, 5) is 0. The lowest BCUT2D eigenvalue weighted by Gasteiger charge is -2.12. The van der Waals surface area contributed by atoms with Gasteiger partial charge in [-0.05, 0) is 35.7 Å². The second kappa shape index (κ2) is 4.68. The number of benzene rings is 2. The molecule has 0 amide bonds. The van der Waals surface area contributed by atoms with Crippen molar-refractivity contribution >= 4 is 27.3 Å². The molecule has 0 spiro atoms. The van der Waals surface area contributed by atoms with E-state index in [1.807, 2.05) is 28.5 Å². The quantitative estimate of drug-likeness (QED) is 0.461. The van der Waals surface area contributed by atoms with Crippen LogP contribution in [0.1, 0.15) is 5.56 Å². The lowest BCUT2D eigenvalue weighted by atomic mass is 9.95. The first kappa shape index (κ1) is 13.3. The topological polar surface area (TPSA) is 35.1 Å². The van der Waals surface area contributed by atoms with Crippen LogP contribution in [-0.2, 0) is 7.05 Å². The molecule has 0 atom stereocenters. The van der Waals surface area contributed by atoms with Crippen molar-refractivity contribution in [1.82, 2.24) is 19.4 Å². The smallest absolute Gasteiger partial charge is 0.119 e. The maximum Gasteiger partial charge on any atom is 0.119 e. The first-order chi connectivity index (χ1) is 11.7. The number of aryl methyl sites for hydroxylation is 2. The van der Waals surface area contributed by atoms with Gasteiger partial charge >= 0.3 is 0 Å². The van der Waals surface area contributed by atoms with Gasteiger partial charge in [0, 0.05) is 24.0 Å². The molecular formula is C20H16N4. The van der Waals surface area contributed by atoms with Gasteiger partial charge in [-0.3, -0.25) is 4.68 Å². The van der Waals surface area contributed by atoms with Crippen LogP contribution < -0.4 is 0 Å². The summed E-state index contributed by atoms with van der Waals surface area (Å²) in [5.41, 5.74) is 6.88. The van der Waals surface area contributed by atoms with E-state index >= 15 is 0 Å². The summed E-state index contributed by atoms with van der Waals surface area (Å²) < 4.78 is 3.87. The predicted octanol–water partition coefficient (Wildman–Crippen LogP) is 4.35. The minimum Gasteiger partial charge on any atom is -0.274 e. The zero-order valence-electron chi connectivity index (χ0n) is 13.6. The Morgan fingerprint density at radius 1 is 0.875 bits per heavy atom. The SMILES string of the molecule is Cc1ccccc1-c1cccc2c1c1cn(C)nc1c1ccnn12. The number of hydrogen-bond donors (Lipinski definition) is 0. The fourth-order valence-corrected chi connectivity index (χ4v) is 3.63. The standard InChI is InChI=1S/C20H16N4/c1-13-6-3-4-7-14(13)15-8-5-9-17-19(15)16-12-23(2)22-20(16)18-10-11-21-24(17)18/h3-12H,1-2H3. The van der Waals surface area contributed by atoms with Crippen LogP contribution in [0, 0.1) is 6.92 Å². The van der Waals surface area contributed by atoms with Crippen LogP contribution in [0.5, 0.6) is 0 Å². The van der Waals surface area contributed by atoms with E-state index in [4.69, 9.17) is 0 Å². The Kier molecular flexibility index (Phi) is 2.59. The third kappa shape index (κ3) is 1.68. The Bertz CT molecular complexity index is 1230. The number of rotatable bonds is 1. The summed E-state index contributed by atoms with van der Waals surface area (Å²) in [6, 6.07) is 16.9. The first-order valence-electron chi connectivity index (χ1n) is 8.02. The van der Waals surface area contributed by atoms with Crippen molar-refractivity contribution in [3.8, 4) is 11.1 Å². The molecule has 24 heavy (non-hydrogen) atoms. The molecule has 0 radical (unpaired) electrons. The molecular weight excluding hydrogens is 296 g/mol. The molecule has 0 aliphatic rings. The van der Waals surface area contributed by atoms with Gasteiger partial charge in [-0.25, -0.2) is 4.52 Å². The van der Waals surface area contributed by atoms with E-state index in [9.17, 15) is 0 Å². The van der Waals surface area contributed by atoms with Crippen molar-refractivity contribution in [3.63, 3.8) is 0 Å². The Labute approximate surface area is 138 Å². The van der Waals surface area contributed by atoms with Gasteiger partial charge in [0.15, 0.2) is 0 Å². The van der Waals surface area contributed by atoms with E-state index < -0.39 is 0 Å². The van der Waals surface area contributed by atoms with E-state index in [1.165, 1.54) is 27.5 Å². The van der Waals surface area contributed by atoms with Gasteiger partial charge in [-0.1, -0.05) is 36.4 Å². The molecule has 0 bridgehead atoms. The Balaban J connectivity index is 2.07. The van der Waals surface area contributed by atoms with Crippen molar-refractivity contribution in [2.45, 2.75) is 6.92 Å². The van der Waals surface area contributed by atoms with Crippen molar-refractivity contribution in [1.29, 1.82) is 0 Å². The van der Waals surface area contributed by atoms with Gasteiger partial charge in [0.05, 0.1) is 17.2 Å². The number of aromatic nitrogens is 4. The van der Waals surface area contributed by atoms with Crippen LogP contribution in [0.25, 0.3) is 38.4 Å². The van der Waals surface area contributed by atoms with Crippen molar-refractivity contribution in [3.05, 3.63) is 66.5 Å². The fourth-order valence-electron chi connectivity index (χ4n) is 3.63. The van der Waals surface area contributed by atoms with Crippen molar-refractivity contribution < 1.29 is 0 Å². The van der Waals surface area contributed by atoms with Gasteiger partial charge in [0.25, 0.3) is 0 Å². The fraction of sp³-hybridized carbons (Fsp3) is 0.100. The zero-order valence-corrected chi connectivity index (χ0v) is 13.6. The van der Waals surface area contributed by atoms with Crippen LogP contribution in [-0.4, -0.2) is 19.4 Å². The highest BCUT2D eigenvalue weighted by Gasteiger charge is 2.16. The lowest BCUT2D eigenvalue weighted by molar-refractivity contribution is 0.780. The van der Waals surface area contributed by atoms with Crippen molar-refractivity contribution in [2.24, 2.45) is 7.05 Å². The number of nitrogens with zero attached hydrogens (tertiary/aromatic N) is 4. The molecule has 4 heteroatoms. The highest BCUT2D eigenvalue weighted by Crippen LogP contribution is 2.36. The van der Waals surface area contributed by atoms with E-state index in [0.29, 0.717) is 0 Å². The third-order valence-corrected chi connectivity index (χ3v) is 4.69. The summed E-state index contributed by atoms with van der Waals surface area (Å²) in [6.45, 7) is 2.15. The summed E-state index contributed by atoms with van der Waals surface area (Å²) in [7, 11) is 1.97. The molecule has 5 rings (SSSR count). The Morgan fingerprint density at radius 3 is 2.58 bits per heavy atom. The minimum atomic E-state index is 0.989. The molecule has 0 aliphatic carbocycles. The second-order valence-corrected chi connectivity index (χ2v) is 6.21. The highest BCUT2D eigenvalue weighted by molar-refractivity contribution is 6.16. The largest absolute Gasteiger partial charge is 0.274 e. The average molecular weight is 312 g/mol. The number of fused-ring (bicyclic) bond motifs is 6. The third-order valence-electron chi connectivity index (χ3n) is 4.69. The van der Waals surface area contributed by atoms with E-state index in [1.54, 1.807) is 0 Å². The molecule has 0 saturated heterocycles. The Morgan fingerprint density at radius 2 is 1.71 bits per heavy atom. The molecule has 0 aliphatic heterocycles. The molecule has 2 aromatic carbocycles. The average Bonchev–Trinajstić information content (AvgIpc) is 3.21. The molecule has 0 fully saturated rings. The molecule has 5 aromatic rings. The van der Waals surface area contributed by atoms with E-state index in [2.05, 4.69) is 65.8 Å². The lowest BCUT2D eigenvalue weighted by Crippen LogP contribution is -1.94. The molecule has 116 valence electrons. The molecule has 0 N–H and O–H groups in total. The Hall–Kier alpha value is -3.14. The summed E-state index contributed by atoms with van der Waals surface area (Å²) in [5, 5.41) is 11.6. The van der Waals surface area contributed by atoms with Crippen LogP contribution in [0.3, 0.4) is 0 Å². The maximum atomic E-state index is 4.68. The molecule has 3 heterocycles. The van der Waals surface area contributed by atoms with Gasteiger partial charge in [0.2, 0.25) is 0 Å². The normalized spacial score (nSPS) is 11.8. The second-order valence-electron chi connectivity index (χ2n) is 6.21. The summed E-state index contributed by atoms with van der Waals surface area (Å²) in [5.74, 6) is 0. The minimum absolute atomic E-state index is 0.989. The highest BCUT2D eigenvalue weighted by atomic mass is 15.3. The monoisotopic (exact) mass is 312 g/mol. The van der Waals surface area contributed by atoms with Gasteiger partial charge in [-0.2, -0.15) is 10.2 Å². The summed E-state index contributed by atoms with van der Waals surface area (Å²) >= 11 is 0. The first-order valence-corrected chi connectivity index (χ1v) is 8.02. The zero-order chi connectivity index (χ0) is 16.3. The molecule has 4 nitrogen and oxygen atoms in total. The molecule has 0 unspecified atom stereocenters. The van der Waals surface area contributed by atoms with Gasteiger partial charge in [-0.15, -0.1) is 0 Å². The van der Waals surface area contributed by atoms with Crippen LogP contribution >= 0.6 is 0 Å². The van der Waals surface area contributed by atoms with E-state index in [-0.39, 0.29) is 0 Å². The predicted molar refractivity (Wildman–Crippen MR) is 97.1 cm³/mol. The van der Waals surface area contributed by atoms with Gasteiger partial charge in [0.1, 0.15) is 5.52 Å². The van der Waals surface area contributed by atoms with Crippen LogP contribution in [0.4, 0.5) is 0 Å². The molecule has 0 saturated carbocycles. The number of hydrogen-bond acceptors (Lipinski definition) is 2. The van der Waals surface area contributed by atoms with E-state index in [0.717, 1.165) is 16.6 Å². The van der Waals surface area contributed by atoms with Gasteiger partial charge < -0.3 is 0 Å². The molecule has 3 aromatic heterocycles. The summed E-state index contributed by atoms with van der Waals surface area (Å²) in [6.07, 6.45) is 3.94. The van der Waals surface area contributed by atoms with Crippen LogP contribution in [0.2, 0.25) is 0 Å². The van der Waals surface area contributed by atoms with Crippen LogP contribution in [0.15, 0.2) is 60.9 Å². The van der Waals surface area contributed by atoms with Crippen molar-refractivity contribution in [2.75, 3.05) is 0 Å².